The van der Waals surface area contributed by atoms with Crippen molar-refractivity contribution in [1.82, 2.24) is 0 Å². The normalized spacial score (nSPS) is 11.3. The van der Waals surface area contributed by atoms with Gasteiger partial charge < -0.3 is 5.32 Å². The average Bonchev–Trinajstić information content (AvgIpc) is 2.49. The molecule has 0 aliphatic carbocycles. The average molecular weight is 339 g/mol. The molecule has 2 aromatic rings. The zero-order chi connectivity index (χ0) is 17.0. The molecule has 0 unspecified atom stereocenters. The lowest BCUT2D eigenvalue weighted by atomic mass is 10.1. The molecule has 0 saturated carbocycles. The van der Waals surface area contributed by atoms with Gasteiger partial charge in [0, 0.05) is 10.6 Å². The molecule has 1 N–H and O–H groups in total. The Hall–Kier alpha value is -1.95. The van der Waals surface area contributed by atoms with Gasteiger partial charge in [-0.2, -0.15) is 13.2 Å². The molecule has 0 aromatic heterocycles. The van der Waals surface area contributed by atoms with Crippen LogP contribution in [0.5, 0.6) is 0 Å². The van der Waals surface area contributed by atoms with E-state index >= 15 is 0 Å². The lowest BCUT2D eigenvalue weighted by molar-refractivity contribution is -0.138. The highest BCUT2D eigenvalue weighted by Crippen LogP contribution is 2.33. The zero-order valence-corrected chi connectivity index (χ0v) is 13.5. The highest BCUT2D eigenvalue weighted by atomic mass is 32.2. The molecule has 0 bridgehead atoms. The zero-order valence-electron chi connectivity index (χ0n) is 12.7. The number of amides is 1. The van der Waals surface area contributed by atoms with Crippen LogP contribution in [0, 0.1) is 6.92 Å². The molecular weight excluding hydrogens is 323 g/mol. The van der Waals surface area contributed by atoms with Crippen LogP contribution in [0.4, 0.5) is 18.9 Å². The largest absolute Gasteiger partial charge is 0.416 e. The summed E-state index contributed by atoms with van der Waals surface area (Å²) in [7, 11) is 0. The molecule has 122 valence electrons. The number of carbonyl (C=O) groups is 1. The fourth-order valence-electron chi connectivity index (χ4n) is 2.14. The van der Waals surface area contributed by atoms with Gasteiger partial charge in [0.25, 0.3) is 5.91 Å². The summed E-state index contributed by atoms with van der Waals surface area (Å²) < 4.78 is 38.8. The SMILES string of the molecule is CCSc1ccccc1C(=O)Nc1ccc(C)c(C(F)(F)F)c1. The van der Waals surface area contributed by atoms with Crippen molar-refractivity contribution in [3.05, 3.63) is 59.2 Å². The second-order valence-corrected chi connectivity index (χ2v) is 6.22. The van der Waals surface area contributed by atoms with Crippen LogP contribution >= 0.6 is 11.8 Å². The maximum atomic E-state index is 12.9. The quantitative estimate of drug-likeness (QED) is 0.758. The Morgan fingerprint density at radius 2 is 1.87 bits per heavy atom. The van der Waals surface area contributed by atoms with Crippen molar-refractivity contribution in [2.45, 2.75) is 24.9 Å². The van der Waals surface area contributed by atoms with Gasteiger partial charge >= 0.3 is 6.18 Å². The standard InChI is InChI=1S/C17H16F3NOS/c1-3-23-15-7-5-4-6-13(15)16(22)21-12-9-8-11(2)14(10-12)17(18,19)20/h4-10H,3H2,1-2H3,(H,21,22). The van der Waals surface area contributed by atoms with E-state index < -0.39 is 17.6 Å². The summed E-state index contributed by atoms with van der Waals surface area (Å²) >= 11 is 1.51. The molecule has 1 amide bonds. The van der Waals surface area contributed by atoms with Crippen LogP contribution in [0.2, 0.25) is 0 Å². The van der Waals surface area contributed by atoms with Crippen molar-refractivity contribution in [2.24, 2.45) is 0 Å². The van der Waals surface area contributed by atoms with Crippen LogP contribution in [0.1, 0.15) is 28.4 Å². The number of nitrogens with one attached hydrogen (secondary N) is 1. The molecule has 6 heteroatoms. The number of alkyl halides is 3. The highest BCUT2D eigenvalue weighted by Gasteiger charge is 2.32. The van der Waals surface area contributed by atoms with E-state index in [1.165, 1.54) is 30.8 Å². The van der Waals surface area contributed by atoms with Gasteiger partial charge in [-0.1, -0.05) is 25.1 Å². The summed E-state index contributed by atoms with van der Waals surface area (Å²) in [6, 6.07) is 10.8. The number of hydrogen-bond donors (Lipinski definition) is 1. The minimum absolute atomic E-state index is 0.123. The number of halogens is 3. The van der Waals surface area contributed by atoms with Crippen LogP contribution in [0.25, 0.3) is 0 Å². The van der Waals surface area contributed by atoms with Gasteiger partial charge in [0.15, 0.2) is 0 Å². The van der Waals surface area contributed by atoms with Crippen molar-refractivity contribution in [3.8, 4) is 0 Å². The monoisotopic (exact) mass is 339 g/mol. The van der Waals surface area contributed by atoms with E-state index in [2.05, 4.69) is 5.32 Å². The molecule has 0 atom stereocenters. The number of aryl methyl sites for hydroxylation is 1. The smallest absolute Gasteiger partial charge is 0.322 e. The molecule has 0 radical (unpaired) electrons. The lowest BCUT2D eigenvalue weighted by Crippen LogP contribution is -2.14. The maximum absolute atomic E-state index is 12.9. The summed E-state index contributed by atoms with van der Waals surface area (Å²) in [5.41, 5.74) is -0.0401. The summed E-state index contributed by atoms with van der Waals surface area (Å²) in [5.74, 6) is 0.381. The third-order valence-corrected chi connectivity index (χ3v) is 4.19. The summed E-state index contributed by atoms with van der Waals surface area (Å²) in [4.78, 5) is 13.2. The fraction of sp³-hybridized carbons (Fsp3) is 0.235. The van der Waals surface area contributed by atoms with Crippen LogP contribution in [0.15, 0.2) is 47.4 Å². The van der Waals surface area contributed by atoms with Crippen molar-refractivity contribution in [2.75, 3.05) is 11.1 Å². The number of rotatable bonds is 4. The Bertz CT molecular complexity index is 713. The topological polar surface area (TPSA) is 29.1 Å². The van der Waals surface area contributed by atoms with Gasteiger partial charge in [-0.15, -0.1) is 11.8 Å². The van der Waals surface area contributed by atoms with Gasteiger partial charge in [0.1, 0.15) is 0 Å². The van der Waals surface area contributed by atoms with Gasteiger partial charge in [-0.3, -0.25) is 4.79 Å². The Labute approximate surface area is 137 Å². The molecule has 0 aliphatic rings. The predicted octanol–water partition coefficient (Wildman–Crippen LogP) is 5.38. The first-order valence-electron chi connectivity index (χ1n) is 7.04. The molecule has 2 nitrogen and oxygen atoms in total. The number of thioether (sulfide) groups is 1. The third kappa shape index (κ3) is 4.28. The van der Waals surface area contributed by atoms with E-state index in [1.807, 2.05) is 19.1 Å². The van der Waals surface area contributed by atoms with Crippen LogP contribution in [0.3, 0.4) is 0 Å². The highest BCUT2D eigenvalue weighted by molar-refractivity contribution is 7.99. The van der Waals surface area contributed by atoms with E-state index in [1.54, 1.807) is 12.1 Å². The second kappa shape index (κ2) is 7.08. The predicted molar refractivity (Wildman–Crippen MR) is 87.0 cm³/mol. The maximum Gasteiger partial charge on any atom is 0.416 e. The van der Waals surface area contributed by atoms with E-state index in [9.17, 15) is 18.0 Å². The Morgan fingerprint density at radius 1 is 1.17 bits per heavy atom. The summed E-state index contributed by atoms with van der Waals surface area (Å²) in [6.45, 7) is 3.36. The first-order chi connectivity index (χ1) is 10.8. The summed E-state index contributed by atoms with van der Waals surface area (Å²) in [5, 5.41) is 2.54. The van der Waals surface area contributed by atoms with Crippen molar-refractivity contribution >= 4 is 23.4 Å². The second-order valence-electron chi connectivity index (χ2n) is 4.91. The first kappa shape index (κ1) is 17.4. The Kier molecular flexibility index (Phi) is 5.36. The Morgan fingerprint density at radius 3 is 2.52 bits per heavy atom. The summed E-state index contributed by atoms with van der Waals surface area (Å²) in [6.07, 6.45) is -4.44. The number of hydrogen-bond acceptors (Lipinski definition) is 2. The lowest BCUT2D eigenvalue weighted by Gasteiger charge is -2.13. The fourth-order valence-corrected chi connectivity index (χ4v) is 2.94. The van der Waals surface area contributed by atoms with Crippen LogP contribution < -0.4 is 5.32 Å². The third-order valence-electron chi connectivity index (χ3n) is 3.23. The molecular formula is C17H16F3NOS. The molecule has 0 spiro atoms. The number of benzene rings is 2. The molecule has 2 aromatic carbocycles. The van der Waals surface area contributed by atoms with E-state index in [-0.39, 0.29) is 11.3 Å². The van der Waals surface area contributed by atoms with Crippen LogP contribution in [-0.4, -0.2) is 11.7 Å². The van der Waals surface area contributed by atoms with Gasteiger partial charge in [-0.25, -0.2) is 0 Å². The van der Waals surface area contributed by atoms with Crippen molar-refractivity contribution in [1.29, 1.82) is 0 Å². The molecule has 0 fully saturated rings. The Balaban J connectivity index is 2.28. The van der Waals surface area contributed by atoms with Gasteiger partial charge in [0.2, 0.25) is 0 Å². The number of carbonyl (C=O) groups excluding carboxylic acids is 1. The molecule has 2 rings (SSSR count). The van der Waals surface area contributed by atoms with Crippen molar-refractivity contribution in [3.63, 3.8) is 0 Å². The number of anilines is 1. The molecule has 0 saturated heterocycles. The first-order valence-corrected chi connectivity index (χ1v) is 8.02. The minimum atomic E-state index is -4.44. The van der Waals surface area contributed by atoms with E-state index in [0.29, 0.717) is 5.56 Å². The van der Waals surface area contributed by atoms with Gasteiger partial charge in [-0.05, 0) is 42.5 Å². The van der Waals surface area contributed by atoms with E-state index in [4.69, 9.17) is 0 Å². The minimum Gasteiger partial charge on any atom is -0.322 e. The van der Waals surface area contributed by atoms with E-state index in [0.717, 1.165) is 16.7 Å². The molecule has 23 heavy (non-hydrogen) atoms. The van der Waals surface area contributed by atoms with Crippen molar-refractivity contribution < 1.29 is 18.0 Å². The molecule has 0 aliphatic heterocycles. The van der Waals surface area contributed by atoms with Gasteiger partial charge in [0.05, 0.1) is 11.1 Å². The van der Waals surface area contributed by atoms with Crippen LogP contribution in [-0.2, 0) is 6.18 Å². The molecule has 0 heterocycles.